The van der Waals surface area contributed by atoms with Crippen LogP contribution in [0, 0.1) is 0 Å². The second-order valence-corrected chi connectivity index (χ2v) is 13.0. The summed E-state index contributed by atoms with van der Waals surface area (Å²) in [6.07, 6.45) is 0. The highest BCUT2D eigenvalue weighted by Crippen LogP contribution is 2.38. The molecule has 3 aromatic carbocycles. The number of amidine groups is 1. The normalized spacial score (nSPS) is 18.8. The highest BCUT2D eigenvalue weighted by molar-refractivity contribution is 7.92. The first-order valence-electron chi connectivity index (χ1n) is 13.6. The quantitative estimate of drug-likeness (QED) is 0.406. The van der Waals surface area contributed by atoms with Crippen LogP contribution in [0.5, 0.6) is 5.75 Å². The molecule has 3 aromatic rings. The van der Waals surface area contributed by atoms with Crippen LogP contribution in [0.15, 0.2) is 76.6 Å². The van der Waals surface area contributed by atoms with Gasteiger partial charge in [0.05, 0.1) is 28.5 Å². The largest absolute Gasteiger partial charge is 0.496 e. The van der Waals surface area contributed by atoms with Crippen LogP contribution in [-0.4, -0.2) is 63.6 Å². The van der Waals surface area contributed by atoms with E-state index in [0.717, 1.165) is 16.9 Å². The van der Waals surface area contributed by atoms with E-state index in [1.807, 2.05) is 47.4 Å². The number of nitrogens with one attached hydrogen (secondary N) is 2. The Hall–Kier alpha value is -4.09. The lowest BCUT2D eigenvalue weighted by molar-refractivity contribution is -0.129. The number of methoxy groups -OCH3 is 1. The van der Waals surface area contributed by atoms with Crippen molar-refractivity contribution in [1.82, 2.24) is 4.90 Å². The first-order chi connectivity index (χ1) is 19.5. The molecule has 0 radical (unpaired) electrons. The predicted octanol–water partition coefficient (Wildman–Crippen LogP) is 3.60. The first-order valence-corrected chi connectivity index (χ1v) is 15.1. The number of anilines is 3. The summed E-state index contributed by atoms with van der Waals surface area (Å²) in [7, 11) is -1.97. The molecule has 2 heterocycles. The standard InChI is InChI=1S/C30H36N6O4S/c1-20(2)41(38,39)28-12-8-7-11-26(28)32-29-23-9-5-6-10-25(23)33-30(31,34-29)24-14-13-22(19-27(24)40-4)36-17-15-35(16-18-36)21(3)37/h5-14,19-20,33H,15-18,31H2,1-4H3,(H,32,34). The Morgan fingerprint density at radius 1 is 1.05 bits per heavy atom. The number of amides is 1. The Morgan fingerprint density at radius 2 is 1.73 bits per heavy atom. The molecule has 1 amide bonds. The number of rotatable bonds is 6. The molecule has 1 atom stereocenters. The number of nitrogens with two attached hydrogens (primary N) is 1. The van der Waals surface area contributed by atoms with Gasteiger partial charge in [0.2, 0.25) is 11.7 Å². The molecule has 1 saturated heterocycles. The molecule has 216 valence electrons. The average Bonchev–Trinajstić information content (AvgIpc) is 2.97. The number of nitrogens with zero attached hydrogens (tertiary/aromatic N) is 3. The Labute approximate surface area is 241 Å². The number of aliphatic imine (C=N–C) groups is 1. The lowest BCUT2D eigenvalue weighted by atomic mass is 10.0. The number of carbonyl (C=O) groups excluding carboxylic acids is 1. The van der Waals surface area contributed by atoms with Crippen molar-refractivity contribution < 1.29 is 17.9 Å². The number of hydrogen-bond donors (Lipinski definition) is 3. The first kappa shape index (κ1) is 28.4. The van der Waals surface area contributed by atoms with Crippen molar-refractivity contribution in [2.45, 2.75) is 36.7 Å². The van der Waals surface area contributed by atoms with E-state index in [1.165, 1.54) is 0 Å². The Balaban J connectivity index is 1.53. The second kappa shape index (κ2) is 11.1. The third kappa shape index (κ3) is 5.47. The molecule has 0 bridgehead atoms. The minimum atomic E-state index is -3.56. The van der Waals surface area contributed by atoms with Gasteiger partial charge in [0.15, 0.2) is 9.84 Å². The fraction of sp³-hybridized carbons (Fsp3) is 0.333. The number of piperazine rings is 1. The van der Waals surface area contributed by atoms with Gasteiger partial charge in [-0.15, -0.1) is 0 Å². The Morgan fingerprint density at radius 3 is 2.41 bits per heavy atom. The minimum Gasteiger partial charge on any atom is -0.496 e. The van der Waals surface area contributed by atoms with Crippen LogP contribution in [-0.2, 0) is 20.4 Å². The van der Waals surface area contributed by atoms with Crippen LogP contribution in [0.2, 0.25) is 0 Å². The molecular formula is C30H36N6O4S. The molecule has 0 spiro atoms. The third-order valence-electron chi connectivity index (χ3n) is 7.55. The number of fused-ring (bicyclic) bond motifs is 1. The van der Waals surface area contributed by atoms with Crippen molar-refractivity contribution in [3.8, 4) is 5.75 Å². The maximum absolute atomic E-state index is 13.1. The van der Waals surface area contributed by atoms with Gasteiger partial charge in [0, 0.05) is 56.1 Å². The molecule has 2 aliphatic heterocycles. The van der Waals surface area contributed by atoms with Gasteiger partial charge in [-0.2, -0.15) is 0 Å². The SMILES string of the molecule is COc1cc(N2CCN(C(C)=O)CC2)ccc1C1(N)N=C(Nc2ccccc2S(=O)(=O)C(C)C)c2ccccc2N1. The van der Waals surface area contributed by atoms with Crippen LogP contribution >= 0.6 is 0 Å². The molecule has 2 aliphatic rings. The van der Waals surface area contributed by atoms with Gasteiger partial charge < -0.3 is 25.2 Å². The van der Waals surface area contributed by atoms with E-state index in [0.29, 0.717) is 49.0 Å². The third-order valence-corrected chi connectivity index (χ3v) is 9.76. The number of sulfone groups is 1. The molecule has 0 saturated carbocycles. The summed E-state index contributed by atoms with van der Waals surface area (Å²) in [6.45, 7) is 7.66. The van der Waals surface area contributed by atoms with Crippen molar-refractivity contribution >= 4 is 38.6 Å². The zero-order valence-corrected chi connectivity index (χ0v) is 24.5. The predicted molar refractivity (Wildman–Crippen MR) is 162 cm³/mol. The Bertz CT molecular complexity index is 1600. The smallest absolute Gasteiger partial charge is 0.219 e. The number of para-hydroxylation sites is 2. The topological polar surface area (TPSA) is 129 Å². The zero-order valence-electron chi connectivity index (χ0n) is 23.7. The van der Waals surface area contributed by atoms with Crippen molar-refractivity contribution in [2.75, 3.05) is 48.8 Å². The lowest BCUT2D eigenvalue weighted by Crippen LogP contribution is -2.48. The summed E-state index contributed by atoms with van der Waals surface area (Å²) in [5.41, 5.74) is 10.5. The molecule has 0 aliphatic carbocycles. The summed E-state index contributed by atoms with van der Waals surface area (Å²) in [6, 6.07) is 20.2. The van der Waals surface area contributed by atoms with Crippen LogP contribution in [0.1, 0.15) is 31.9 Å². The van der Waals surface area contributed by atoms with Crippen LogP contribution in [0.4, 0.5) is 17.1 Å². The molecular weight excluding hydrogens is 540 g/mol. The molecule has 5 rings (SSSR count). The zero-order chi connectivity index (χ0) is 29.4. The maximum atomic E-state index is 13.1. The van der Waals surface area contributed by atoms with Crippen molar-refractivity contribution in [1.29, 1.82) is 0 Å². The lowest BCUT2D eigenvalue weighted by Gasteiger charge is -2.37. The summed E-state index contributed by atoms with van der Waals surface area (Å²) in [4.78, 5) is 20.9. The van der Waals surface area contributed by atoms with Crippen molar-refractivity contribution in [3.05, 3.63) is 77.9 Å². The van der Waals surface area contributed by atoms with Gasteiger partial charge in [-0.1, -0.05) is 24.3 Å². The molecule has 4 N–H and O–H groups in total. The molecule has 0 aromatic heterocycles. The van der Waals surface area contributed by atoms with Crippen molar-refractivity contribution in [2.24, 2.45) is 10.7 Å². The highest BCUT2D eigenvalue weighted by atomic mass is 32.2. The number of carbonyl (C=O) groups is 1. The van der Waals surface area contributed by atoms with Crippen molar-refractivity contribution in [3.63, 3.8) is 0 Å². The minimum absolute atomic E-state index is 0.0815. The van der Waals surface area contributed by atoms with Gasteiger partial charge in [-0.25, -0.2) is 13.4 Å². The van der Waals surface area contributed by atoms with E-state index in [1.54, 1.807) is 52.1 Å². The molecule has 41 heavy (non-hydrogen) atoms. The van der Waals surface area contributed by atoms with E-state index in [4.69, 9.17) is 15.5 Å². The molecule has 1 fully saturated rings. The van der Waals surface area contributed by atoms with Crippen LogP contribution in [0.3, 0.4) is 0 Å². The maximum Gasteiger partial charge on any atom is 0.219 e. The summed E-state index contributed by atoms with van der Waals surface area (Å²) in [5.74, 6) is -0.353. The van der Waals surface area contributed by atoms with E-state index in [-0.39, 0.29) is 10.8 Å². The van der Waals surface area contributed by atoms with E-state index in [2.05, 4.69) is 15.5 Å². The molecule has 10 nitrogen and oxygen atoms in total. The van der Waals surface area contributed by atoms with E-state index in [9.17, 15) is 13.2 Å². The Kier molecular flexibility index (Phi) is 7.67. The highest BCUT2D eigenvalue weighted by Gasteiger charge is 2.36. The number of ether oxygens (including phenoxy) is 1. The van der Waals surface area contributed by atoms with E-state index < -0.39 is 20.9 Å². The average molecular weight is 577 g/mol. The van der Waals surface area contributed by atoms with Crippen LogP contribution in [0.25, 0.3) is 0 Å². The van der Waals surface area contributed by atoms with Gasteiger partial charge >= 0.3 is 0 Å². The molecule has 1 unspecified atom stereocenters. The summed E-state index contributed by atoms with van der Waals surface area (Å²) in [5, 5.41) is 6.04. The summed E-state index contributed by atoms with van der Waals surface area (Å²) >= 11 is 0. The summed E-state index contributed by atoms with van der Waals surface area (Å²) < 4.78 is 32.1. The fourth-order valence-electron chi connectivity index (χ4n) is 5.16. The van der Waals surface area contributed by atoms with Gasteiger partial charge in [0.1, 0.15) is 11.6 Å². The van der Waals surface area contributed by atoms with Gasteiger partial charge in [-0.05, 0) is 50.2 Å². The van der Waals surface area contributed by atoms with Crippen LogP contribution < -0.4 is 26.0 Å². The molecule has 11 heteroatoms. The van der Waals surface area contributed by atoms with Gasteiger partial charge in [0.25, 0.3) is 0 Å². The monoisotopic (exact) mass is 576 g/mol. The second-order valence-electron chi connectivity index (χ2n) is 10.5. The fourth-order valence-corrected chi connectivity index (χ4v) is 6.36. The number of hydrogen-bond acceptors (Lipinski definition) is 9. The van der Waals surface area contributed by atoms with E-state index >= 15 is 0 Å². The number of benzene rings is 3. The van der Waals surface area contributed by atoms with Gasteiger partial charge in [-0.3, -0.25) is 10.5 Å².